The van der Waals surface area contributed by atoms with Gasteiger partial charge in [0.2, 0.25) is 6.10 Å². The van der Waals surface area contributed by atoms with Crippen molar-refractivity contribution in [3.63, 3.8) is 0 Å². The van der Waals surface area contributed by atoms with Crippen LogP contribution in [0, 0.1) is 0 Å². The maximum absolute atomic E-state index is 12.4. The molecule has 0 radical (unpaired) electrons. The van der Waals surface area contributed by atoms with Crippen LogP contribution >= 0.6 is 0 Å². The third-order valence-corrected chi connectivity index (χ3v) is 5.10. The van der Waals surface area contributed by atoms with Gasteiger partial charge in [-0.05, 0) is 36.8 Å². The van der Waals surface area contributed by atoms with Crippen LogP contribution < -0.4 is 14.8 Å². The molecule has 0 fully saturated rings. The van der Waals surface area contributed by atoms with Crippen molar-refractivity contribution in [2.45, 2.75) is 24.0 Å². The van der Waals surface area contributed by atoms with Crippen LogP contribution in [0.5, 0.6) is 11.5 Å². The fraction of sp³-hybridized carbons (Fsp3) is 0.278. The van der Waals surface area contributed by atoms with E-state index in [1.807, 2.05) is 19.1 Å². The number of fused-ring (bicyclic) bond motifs is 1. The van der Waals surface area contributed by atoms with Crippen molar-refractivity contribution in [2.75, 3.05) is 12.9 Å². The molecule has 1 N–H and O–H groups in total. The van der Waals surface area contributed by atoms with Crippen LogP contribution in [0.4, 0.5) is 0 Å². The summed E-state index contributed by atoms with van der Waals surface area (Å²) in [5, 5.41) is 2.86. The third kappa shape index (κ3) is 3.93. The van der Waals surface area contributed by atoms with Gasteiger partial charge in [-0.1, -0.05) is 24.3 Å². The SMILES string of the molecule is CC(NC(=O)C1COc2ccccc2O1)c1ccc(S(C)(=O)=O)cc1. The van der Waals surface area contributed by atoms with Gasteiger partial charge in [0.15, 0.2) is 21.3 Å². The van der Waals surface area contributed by atoms with E-state index in [1.54, 1.807) is 24.3 Å². The second kappa shape index (κ2) is 6.76. The van der Waals surface area contributed by atoms with E-state index < -0.39 is 15.9 Å². The van der Waals surface area contributed by atoms with E-state index in [2.05, 4.69) is 5.32 Å². The van der Waals surface area contributed by atoms with Crippen LogP contribution in [-0.2, 0) is 14.6 Å². The Balaban J connectivity index is 1.65. The number of rotatable bonds is 4. The second-order valence-electron chi connectivity index (χ2n) is 5.94. The van der Waals surface area contributed by atoms with E-state index in [-0.39, 0.29) is 23.5 Å². The summed E-state index contributed by atoms with van der Waals surface area (Å²) in [4.78, 5) is 12.7. The molecule has 1 amide bonds. The average molecular weight is 361 g/mol. The van der Waals surface area contributed by atoms with Crippen molar-refractivity contribution < 1.29 is 22.7 Å². The number of sulfone groups is 1. The summed E-state index contributed by atoms with van der Waals surface area (Å²) in [5.74, 6) is 0.879. The highest BCUT2D eigenvalue weighted by molar-refractivity contribution is 7.90. The van der Waals surface area contributed by atoms with E-state index in [0.717, 1.165) is 11.8 Å². The molecule has 0 saturated carbocycles. The number of ether oxygens (including phenoxy) is 2. The Kier molecular flexibility index (Phi) is 4.67. The van der Waals surface area contributed by atoms with Crippen molar-refractivity contribution in [3.05, 3.63) is 54.1 Å². The molecule has 25 heavy (non-hydrogen) atoms. The molecule has 1 aliphatic rings. The second-order valence-corrected chi connectivity index (χ2v) is 7.95. The van der Waals surface area contributed by atoms with Crippen LogP contribution in [0.3, 0.4) is 0 Å². The van der Waals surface area contributed by atoms with Crippen LogP contribution in [0.2, 0.25) is 0 Å². The molecule has 0 aliphatic carbocycles. The zero-order valence-electron chi connectivity index (χ0n) is 13.9. The first-order valence-electron chi connectivity index (χ1n) is 7.83. The van der Waals surface area contributed by atoms with Crippen LogP contribution in [0.25, 0.3) is 0 Å². The first-order valence-corrected chi connectivity index (χ1v) is 9.72. The van der Waals surface area contributed by atoms with Crippen molar-refractivity contribution >= 4 is 15.7 Å². The molecule has 0 saturated heterocycles. The van der Waals surface area contributed by atoms with Gasteiger partial charge < -0.3 is 14.8 Å². The van der Waals surface area contributed by atoms with Gasteiger partial charge in [0.25, 0.3) is 5.91 Å². The first-order chi connectivity index (χ1) is 11.8. The average Bonchev–Trinajstić information content (AvgIpc) is 2.60. The number of hydrogen-bond acceptors (Lipinski definition) is 5. The lowest BCUT2D eigenvalue weighted by atomic mass is 10.1. The highest BCUT2D eigenvalue weighted by Gasteiger charge is 2.28. The van der Waals surface area contributed by atoms with Gasteiger partial charge in [0, 0.05) is 6.26 Å². The standard InChI is InChI=1S/C18H19NO5S/c1-12(13-7-9-14(10-8-13)25(2,21)22)19-18(20)17-11-23-15-5-3-4-6-16(15)24-17/h3-10,12,17H,11H2,1-2H3,(H,19,20). The van der Waals surface area contributed by atoms with Crippen molar-refractivity contribution in [1.29, 1.82) is 0 Å². The molecule has 1 aliphatic heterocycles. The lowest BCUT2D eigenvalue weighted by Gasteiger charge is -2.26. The van der Waals surface area contributed by atoms with E-state index >= 15 is 0 Å². The van der Waals surface area contributed by atoms with Crippen molar-refractivity contribution in [1.82, 2.24) is 5.32 Å². The number of carbonyl (C=O) groups excluding carboxylic acids is 1. The van der Waals surface area contributed by atoms with Crippen LogP contribution in [0.1, 0.15) is 18.5 Å². The number of carbonyl (C=O) groups is 1. The van der Waals surface area contributed by atoms with Gasteiger partial charge >= 0.3 is 0 Å². The summed E-state index contributed by atoms with van der Waals surface area (Å²) in [6.07, 6.45) is 0.429. The van der Waals surface area contributed by atoms with Crippen LogP contribution in [-0.4, -0.2) is 33.3 Å². The summed E-state index contributed by atoms with van der Waals surface area (Å²) >= 11 is 0. The quantitative estimate of drug-likeness (QED) is 0.902. The van der Waals surface area contributed by atoms with Gasteiger partial charge in [-0.25, -0.2) is 8.42 Å². The fourth-order valence-corrected chi connectivity index (χ4v) is 3.17. The molecule has 6 nitrogen and oxygen atoms in total. The van der Waals surface area contributed by atoms with Crippen molar-refractivity contribution in [3.8, 4) is 11.5 Å². The minimum absolute atomic E-state index is 0.141. The molecular formula is C18H19NO5S. The molecule has 3 rings (SSSR count). The Morgan fingerprint density at radius 1 is 1.12 bits per heavy atom. The normalized spacial score (nSPS) is 17.6. The summed E-state index contributed by atoms with van der Waals surface area (Å²) in [7, 11) is -3.24. The van der Waals surface area contributed by atoms with E-state index in [9.17, 15) is 13.2 Å². The number of benzene rings is 2. The van der Waals surface area contributed by atoms with Gasteiger partial charge in [-0.3, -0.25) is 4.79 Å². The molecule has 2 unspecified atom stereocenters. The summed E-state index contributed by atoms with van der Waals surface area (Å²) in [6.45, 7) is 1.97. The first kappa shape index (κ1) is 17.3. The minimum atomic E-state index is -3.24. The zero-order valence-corrected chi connectivity index (χ0v) is 14.7. The Morgan fingerprint density at radius 2 is 1.76 bits per heavy atom. The molecule has 132 valence electrons. The minimum Gasteiger partial charge on any atom is -0.485 e. The Morgan fingerprint density at radius 3 is 2.40 bits per heavy atom. The number of hydrogen-bond donors (Lipinski definition) is 1. The van der Waals surface area contributed by atoms with E-state index in [4.69, 9.17) is 9.47 Å². The molecule has 2 aromatic rings. The summed E-state index contributed by atoms with van der Waals surface area (Å²) in [6, 6.07) is 13.3. The topological polar surface area (TPSA) is 81.7 Å². The summed E-state index contributed by atoms with van der Waals surface area (Å²) in [5.41, 5.74) is 0.804. The van der Waals surface area contributed by atoms with Crippen LogP contribution in [0.15, 0.2) is 53.4 Å². The monoisotopic (exact) mass is 361 g/mol. The summed E-state index contributed by atoms with van der Waals surface area (Å²) < 4.78 is 34.2. The number of para-hydroxylation sites is 2. The Bertz CT molecular complexity index is 877. The Labute approximate surface area is 146 Å². The van der Waals surface area contributed by atoms with E-state index in [1.165, 1.54) is 12.1 Å². The molecule has 0 aromatic heterocycles. The Hall–Kier alpha value is -2.54. The number of nitrogens with one attached hydrogen (secondary N) is 1. The third-order valence-electron chi connectivity index (χ3n) is 3.97. The molecule has 1 heterocycles. The number of amides is 1. The fourth-order valence-electron chi connectivity index (χ4n) is 2.54. The molecule has 0 bridgehead atoms. The molecule has 0 spiro atoms. The van der Waals surface area contributed by atoms with Gasteiger partial charge in [-0.15, -0.1) is 0 Å². The molecule has 2 aromatic carbocycles. The van der Waals surface area contributed by atoms with Crippen molar-refractivity contribution in [2.24, 2.45) is 0 Å². The van der Waals surface area contributed by atoms with Gasteiger partial charge in [0.1, 0.15) is 6.61 Å². The highest BCUT2D eigenvalue weighted by Crippen LogP contribution is 2.31. The maximum atomic E-state index is 12.4. The van der Waals surface area contributed by atoms with Gasteiger partial charge in [-0.2, -0.15) is 0 Å². The zero-order chi connectivity index (χ0) is 18.0. The lowest BCUT2D eigenvalue weighted by molar-refractivity contribution is -0.131. The highest BCUT2D eigenvalue weighted by atomic mass is 32.2. The predicted octanol–water partition coefficient (Wildman–Crippen LogP) is 2.11. The largest absolute Gasteiger partial charge is 0.485 e. The predicted molar refractivity (Wildman–Crippen MR) is 92.5 cm³/mol. The van der Waals surface area contributed by atoms with Gasteiger partial charge in [0.05, 0.1) is 10.9 Å². The molecular weight excluding hydrogens is 342 g/mol. The smallest absolute Gasteiger partial charge is 0.265 e. The maximum Gasteiger partial charge on any atom is 0.265 e. The van der Waals surface area contributed by atoms with E-state index in [0.29, 0.717) is 11.5 Å². The lowest BCUT2D eigenvalue weighted by Crippen LogP contribution is -2.44. The molecule has 2 atom stereocenters. The molecule has 7 heteroatoms.